The topological polar surface area (TPSA) is 74.6 Å². The molecule has 0 aliphatic heterocycles. The number of ketones is 1. The molecular formula is C10H11ClO4. The van der Waals surface area contributed by atoms with Crippen molar-refractivity contribution in [1.29, 1.82) is 0 Å². The number of para-hydroxylation sites is 1. The van der Waals surface area contributed by atoms with Gasteiger partial charge >= 0.3 is 5.97 Å². The number of benzene rings is 1. The molecule has 0 radical (unpaired) electrons. The molecule has 0 saturated carbocycles. The Morgan fingerprint density at radius 3 is 1.93 bits per heavy atom. The van der Waals surface area contributed by atoms with Crippen molar-refractivity contribution in [2.24, 2.45) is 0 Å². The van der Waals surface area contributed by atoms with Crippen molar-refractivity contribution in [2.75, 3.05) is 5.88 Å². The minimum absolute atomic E-state index is 0.216. The second-order valence-electron chi connectivity index (χ2n) is 2.58. The third-order valence-corrected chi connectivity index (χ3v) is 1.55. The second kappa shape index (κ2) is 7.82. The molecule has 1 aromatic rings. The highest BCUT2D eigenvalue weighted by Gasteiger charge is 2.03. The first-order valence-electron chi connectivity index (χ1n) is 4.09. The Labute approximate surface area is 92.1 Å². The number of carboxylic acids is 1. The molecule has 5 heteroatoms. The number of phenols is 1. The maximum absolute atomic E-state index is 10.1. The zero-order valence-electron chi connectivity index (χ0n) is 7.89. The molecule has 0 saturated heterocycles. The van der Waals surface area contributed by atoms with Crippen molar-refractivity contribution in [3.8, 4) is 5.75 Å². The number of alkyl halides is 1. The maximum atomic E-state index is 10.1. The minimum atomic E-state index is -1.13. The van der Waals surface area contributed by atoms with Gasteiger partial charge in [-0.25, -0.2) is 0 Å². The average Bonchev–Trinajstić information content (AvgIpc) is 2.19. The van der Waals surface area contributed by atoms with Crippen LogP contribution in [0.1, 0.15) is 6.42 Å². The lowest BCUT2D eigenvalue weighted by atomic mass is 10.3. The van der Waals surface area contributed by atoms with Crippen LogP contribution in [0.3, 0.4) is 0 Å². The van der Waals surface area contributed by atoms with Gasteiger partial charge in [0.05, 0.1) is 5.88 Å². The van der Waals surface area contributed by atoms with Crippen molar-refractivity contribution >= 4 is 23.4 Å². The van der Waals surface area contributed by atoms with Crippen LogP contribution < -0.4 is 0 Å². The van der Waals surface area contributed by atoms with Gasteiger partial charge in [-0.1, -0.05) is 18.2 Å². The van der Waals surface area contributed by atoms with Crippen molar-refractivity contribution in [2.45, 2.75) is 6.42 Å². The van der Waals surface area contributed by atoms with Crippen molar-refractivity contribution in [3.05, 3.63) is 30.3 Å². The number of aliphatic carboxylic acids is 1. The second-order valence-corrected chi connectivity index (χ2v) is 2.85. The lowest BCUT2D eigenvalue weighted by Crippen LogP contribution is -2.06. The number of halogens is 1. The van der Waals surface area contributed by atoms with Crippen molar-refractivity contribution in [1.82, 2.24) is 0 Å². The van der Waals surface area contributed by atoms with Crippen molar-refractivity contribution < 1.29 is 19.8 Å². The van der Waals surface area contributed by atoms with E-state index in [9.17, 15) is 9.59 Å². The molecule has 1 rings (SSSR count). The predicted octanol–water partition coefficient (Wildman–Crippen LogP) is 1.66. The summed E-state index contributed by atoms with van der Waals surface area (Å²) in [6, 6.07) is 8.71. The summed E-state index contributed by atoms with van der Waals surface area (Å²) in [7, 11) is 0. The molecule has 0 fully saturated rings. The van der Waals surface area contributed by atoms with Crippen LogP contribution in [0, 0.1) is 0 Å². The van der Waals surface area contributed by atoms with E-state index < -0.39 is 18.2 Å². The third-order valence-electron chi connectivity index (χ3n) is 1.25. The fraction of sp³-hybridized carbons (Fsp3) is 0.200. The number of hydrogen-bond donors (Lipinski definition) is 2. The third kappa shape index (κ3) is 8.77. The van der Waals surface area contributed by atoms with Crippen LogP contribution in [0.5, 0.6) is 5.75 Å². The van der Waals surface area contributed by atoms with Crippen LogP contribution in [-0.4, -0.2) is 27.8 Å². The summed E-state index contributed by atoms with van der Waals surface area (Å²) in [5.41, 5.74) is 0. The summed E-state index contributed by atoms with van der Waals surface area (Å²) in [5, 5.41) is 16.6. The lowest BCUT2D eigenvalue weighted by Gasteiger charge is -1.85. The monoisotopic (exact) mass is 230 g/mol. The predicted molar refractivity (Wildman–Crippen MR) is 56.1 cm³/mol. The largest absolute Gasteiger partial charge is 0.508 e. The molecule has 15 heavy (non-hydrogen) atoms. The zero-order chi connectivity index (χ0) is 11.7. The number of phenolic OH excluding ortho intramolecular Hbond substituents is 1. The molecule has 0 unspecified atom stereocenters. The molecule has 0 bridgehead atoms. The van der Waals surface area contributed by atoms with E-state index in [-0.39, 0.29) is 5.88 Å². The SMILES string of the molecule is O=C(O)CC(=O)CCl.Oc1ccccc1. The summed E-state index contributed by atoms with van der Waals surface area (Å²) in [6.45, 7) is 0. The summed E-state index contributed by atoms with van der Waals surface area (Å²) in [4.78, 5) is 19.8. The fourth-order valence-electron chi connectivity index (χ4n) is 0.644. The van der Waals surface area contributed by atoms with Gasteiger partial charge in [0.1, 0.15) is 12.2 Å². The Bertz CT molecular complexity index is 310. The molecule has 0 atom stereocenters. The van der Waals surface area contributed by atoms with E-state index in [4.69, 9.17) is 21.8 Å². The highest BCUT2D eigenvalue weighted by atomic mass is 35.5. The number of hydrogen-bond acceptors (Lipinski definition) is 3. The van der Waals surface area contributed by atoms with Gasteiger partial charge in [-0.15, -0.1) is 11.6 Å². The molecule has 0 aliphatic carbocycles. The molecular weight excluding hydrogens is 220 g/mol. The molecule has 4 nitrogen and oxygen atoms in total. The summed E-state index contributed by atoms with van der Waals surface area (Å²) in [5.74, 6) is -1.48. The van der Waals surface area contributed by atoms with Gasteiger partial charge in [-0.05, 0) is 12.1 Å². The van der Waals surface area contributed by atoms with Crippen LogP contribution in [0.4, 0.5) is 0 Å². The fourth-order valence-corrected chi connectivity index (χ4v) is 0.738. The Morgan fingerprint density at radius 2 is 1.73 bits per heavy atom. The molecule has 1 aromatic carbocycles. The van der Waals surface area contributed by atoms with Gasteiger partial charge in [0.15, 0.2) is 5.78 Å². The molecule has 2 N–H and O–H groups in total. The number of carbonyl (C=O) groups excluding carboxylic acids is 1. The highest BCUT2D eigenvalue weighted by molar-refractivity contribution is 6.28. The summed E-state index contributed by atoms with van der Waals surface area (Å²) in [6.07, 6.45) is -0.469. The molecule has 0 spiro atoms. The molecule has 0 amide bonds. The smallest absolute Gasteiger partial charge is 0.310 e. The van der Waals surface area contributed by atoms with Gasteiger partial charge in [0.2, 0.25) is 0 Å². The molecule has 0 heterocycles. The normalized spacial score (nSPS) is 8.60. The van der Waals surface area contributed by atoms with E-state index in [1.165, 1.54) is 0 Å². The molecule has 0 aromatic heterocycles. The van der Waals surface area contributed by atoms with Gasteiger partial charge in [-0.2, -0.15) is 0 Å². The lowest BCUT2D eigenvalue weighted by molar-refractivity contribution is -0.139. The van der Waals surface area contributed by atoms with Crippen LogP contribution in [0.2, 0.25) is 0 Å². The molecule has 82 valence electrons. The standard InChI is InChI=1S/C6H6O.C4H5ClO3/c7-6-4-2-1-3-5-6;5-2-3(6)1-4(7)8/h1-5,7H;1-2H2,(H,7,8). The van der Waals surface area contributed by atoms with Gasteiger partial charge < -0.3 is 10.2 Å². The van der Waals surface area contributed by atoms with Gasteiger partial charge in [-0.3, -0.25) is 9.59 Å². The van der Waals surface area contributed by atoms with Gasteiger partial charge in [0, 0.05) is 0 Å². The van der Waals surface area contributed by atoms with E-state index in [1.807, 2.05) is 6.07 Å². The average molecular weight is 231 g/mol. The summed E-state index contributed by atoms with van der Waals surface area (Å²) >= 11 is 4.98. The number of Topliss-reactive ketones (excluding diaryl/α,β-unsaturated/α-hetero) is 1. The van der Waals surface area contributed by atoms with Crippen LogP contribution >= 0.6 is 11.6 Å². The first-order chi connectivity index (χ1) is 7.06. The number of carbonyl (C=O) groups is 2. The van der Waals surface area contributed by atoms with Gasteiger partial charge in [0.25, 0.3) is 0 Å². The quantitative estimate of drug-likeness (QED) is 0.612. The van der Waals surface area contributed by atoms with Crippen LogP contribution in [-0.2, 0) is 9.59 Å². The van der Waals surface area contributed by atoms with Crippen molar-refractivity contribution in [3.63, 3.8) is 0 Å². The van der Waals surface area contributed by atoms with E-state index in [2.05, 4.69) is 0 Å². The zero-order valence-corrected chi connectivity index (χ0v) is 8.65. The molecule has 0 aliphatic rings. The van der Waals surface area contributed by atoms with E-state index in [0.29, 0.717) is 5.75 Å². The van der Waals surface area contributed by atoms with E-state index in [1.54, 1.807) is 24.3 Å². The van der Waals surface area contributed by atoms with E-state index >= 15 is 0 Å². The van der Waals surface area contributed by atoms with Crippen LogP contribution in [0.25, 0.3) is 0 Å². The van der Waals surface area contributed by atoms with E-state index in [0.717, 1.165) is 0 Å². The minimum Gasteiger partial charge on any atom is -0.508 e. The Hall–Kier alpha value is -1.55. The highest BCUT2D eigenvalue weighted by Crippen LogP contribution is 2.02. The number of carboxylic acid groups (broad SMARTS) is 1. The van der Waals surface area contributed by atoms with Crippen LogP contribution in [0.15, 0.2) is 30.3 Å². The Balaban J connectivity index is 0.000000262. The first-order valence-corrected chi connectivity index (χ1v) is 4.63. The number of aromatic hydroxyl groups is 1. The first kappa shape index (κ1) is 13.4. The maximum Gasteiger partial charge on any atom is 0.310 e. The number of rotatable bonds is 3. The Kier molecular flexibility index (Phi) is 7.01. The summed E-state index contributed by atoms with van der Waals surface area (Å²) < 4.78 is 0. The Morgan fingerprint density at radius 1 is 1.20 bits per heavy atom.